The molecular formula is C11H9BrClF3N4. The van der Waals surface area contributed by atoms with E-state index in [-0.39, 0.29) is 26.9 Å². The number of halogens is 5. The van der Waals surface area contributed by atoms with Crippen molar-refractivity contribution in [2.45, 2.75) is 13.1 Å². The van der Waals surface area contributed by atoms with Gasteiger partial charge in [-0.25, -0.2) is 4.98 Å². The Hall–Kier alpha value is -1.41. The van der Waals surface area contributed by atoms with Crippen LogP contribution in [0.4, 0.5) is 24.7 Å². The van der Waals surface area contributed by atoms with Crippen LogP contribution in [-0.2, 0) is 6.18 Å². The standard InChI is InChI=1S/C11H9BrClF3N4/c1-4-9(18)20(10(12)19-4)7-3-5(11(14,15)16)2-6(13)8(7)17/h2-3H,17-18H2,1H3. The van der Waals surface area contributed by atoms with Crippen molar-refractivity contribution in [3.63, 3.8) is 0 Å². The summed E-state index contributed by atoms with van der Waals surface area (Å²) in [6.45, 7) is 1.63. The highest BCUT2D eigenvalue weighted by Gasteiger charge is 2.32. The van der Waals surface area contributed by atoms with Crippen LogP contribution < -0.4 is 11.5 Å². The Bertz CT molecular complexity index is 681. The zero-order valence-corrected chi connectivity index (χ0v) is 12.4. The van der Waals surface area contributed by atoms with Crippen LogP contribution >= 0.6 is 27.5 Å². The van der Waals surface area contributed by atoms with Crippen molar-refractivity contribution in [2.24, 2.45) is 0 Å². The number of alkyl halides is 3. The second kappa shape index (κ2) is 4.85. The van der Waals surface area contributed by atoms with Crippen molar-refractivity contribution in [1.82, 2.24) is 9.55 Å². The Morgan fingerprint density at radius 2 is 1.90 bits per heavy atom. The lowest BCUT2D eigenvalue weighted by atomic mass is 10.1. The summed E-state index contributed by atoms with van der Waals surface area (Å²) >= 11 is 8.90. The van der Waals surface area contributed by atoms with Crippen LogP contribution in [0.15, 0.2) is 16.9 Å². The summed E-state index contributed by atoms with van der Waals surface area (Å²) in [7, 11) is 0. The van der Waals surface area contributed by atoms with Gasteiger partial charge in [0.15, 0.2) is 4.73 Å². The van der Waals surface area contributed by atoms with Crippen LogP contribution in [0, 0.1) is 6.92 Å². The third kappa shape index (κ3) is 2.45. The van der Waals surface area contributed by atoms with Gasteiger partial charge in [0.1, 0.15) is 5.82 Å². The maximum absolute atomic E-state index is 12.8. The first-order chi connectivity index (χ1) is 9.12. The Morgan fingerprint density at radius 3 is 2.35 bits per heavy atom. The molecule has 0 aliphatic rings. The van der Waals surface area contributed by atoms with Gasteiger partial charge in [-0.1, -0.05) is 11.6 Å². The normalized spacial score (nSPS) is 11.9. The van der Waals surface area contributed by atoms with E-state index in [2.05, 4.69) is 20.9 Å². The molecule has 0 bridgehead atoms. The van der Waals surface area contributed by atoms with E-state index in [4.69, 9.17) is 23.1 Å². The minimum absolute atomic E-state index is 0.00975. The summed E-state index contributed by atoms with van der Waals surface area (Å²) in [6, 6.07) is 1.65. The molecule has 4 N–H and O–H groups in total. The quantitative estimate of drug-likeness (QED) is 0.752. The van der Waals surface area contributed by atoms with Gasteiger partial charge in [-0.3, -0.25) is 4.57 Å². The number of nitrogens with zero attached hydrogens (tertiary/aromatic N) is 2. The highest BCUT2D eigenvalue weighted by molar-refractivity contribution is 9.10. The van der Waals surface area contributed by atoms with Gasteiger partial charge < -0.3 is 11.5 Å². The molecular weight excluding hydrogens is 360 g/mol. The molecule has 2 aromatic rings. The van der Waals surface area contributed by atoms with E-state index in [1.165, 1.54) is 4.57 Å². The van der Waals surface area contributed by atoms with E-state index in [1.807, 2.05) is 0 Å². The number of rotatable bonds is 1. The third-order valence-electron chi connectivity index (χ3n) is 2.73. The molecule has 0 atom stereocenters. The average Bonchev–Trinajstić information content (AvgIpc) is 2.56. The van der Waals surface area contributed by atoms with Gasteiger partial charge in [0.05, 0.1) is 27.7 Å². The summed E-state index contributed by atoms with van der Waals surface area (Å²) < 4.78 is 40.0. The fourth-order valence-electron chi connectivity index (χ4n) is 1.69. The molecule has 1 heterocycles. The number of aromatic nitrogens is 2. The van der Waals surface area contributed by atoms with Gasteiger partial charge in [-0.05, 0) is 35.0 Å². The number of aryl methyl sites for hydroxylation is 1. The number of hydrogen-bond acceptors (Lipinski definition) is 3. The molecule has 0 amide bonds. The predicted molar refractivity (Wildman–Crippen MR) is 74.8 cm³/mol. The molecule has 4 nitrogen and oxygen atoms in total. The molecule has 0 unspecified atom stereocenters. The first kappa shape index (κ1) is 15.0. The van der Waals surface area contributed by atoms with E-state index in [1.54, 1.807) is 6.92 Å². The summed E-state index contributed by atoms with van der Waals surface area (Å²) in [5.74, 6) is 0.180. The highest BCUT2D eigenvalue weighted by atomic mass is 79.9. The zero-order valence-electron chi connectivity index (χ0n) is 10.1. The monoisotopic (exact) mass is 368 g/mol. The predicted octanol–water partition coefficient (Wildman–Crippen LogP) is 3.78. The first-order valence-electron chi connectivity index (χ1n) is 5.29. The van der Waals surface area contributed by atoms with Crippen LogP contribution in [0.5, 0.6) is 0 Å². The fraction of sp³-hybridized carbons (Fsp3) is 0.182. The van der Waals surface area contributed by atoms with E-state index in [0.29, 0.717) is 5.69 Å². The average molecular weight is 370 g/mol. The van der Waals surface area contributed by atoms with Gasteiger partial charge in [-0.15, -0.1) is 0 Å². The first-order valence-corrected chi connectivity index (χ1v) is 6.47. The molecule has 1 aromatic heterocycles. The molecule has 0 saturated heterocycles. The molecule has 0 saturated carbocycles. The second-order valence-corrected chi connectivity index (χ2v) is 5.19. The van der Waals surface area contributed by atoms with Gasteiger partial charge >= 0.3 is 6.18 Å². The minimum atomic E-state index is -4.54. The van der Waals surface area contributed by atoms with Crippen LogP contribution in [0.3, 0.4) is 0 Å². The lowest BCUT2D eigenvalue weighted by Gasteiger charge is -2.15. The second-order valence-electron chi connectivity index (χ2n) is 4.08. The van der Waals surface area contributed by atoms with Crippen LogP contribution in [0.25, 0.3) is 5.69 Å². The van der Waals surface area contributed by atoms with E-state index >= 15 is 0 Å². The van der Waals surface area contributed by atoms with Crippen molar-refractivity contribution in [3.8, 4) is 5.69 Å². The lowest BCUT2D eigenvalue weighted by Crippen LogP contribution is -2.10. The number of nitrogen functional groups attached to an aromatic ring is 2. The zero-order chi connectivity index (χ0) is 15.2. The fourth-order valence-corrected chi connectivity index (χ4v) is 2.55. The van der Waals surface area contributed by atoms with Crippen molar-refractivity contribution in [3.05, 3.63) is 33.1 Å². The number of anilines is 2. The number of imidazole rings is 1. The molecule has 108 valence electrons. The molecule has 0 aliphatic carbocycles. The number of benzene rings is 1. The maximum atomic E-state index is 12.8. The lowest BCUT2D eigenvalue weighted by molar-refractivity contribution is -0.137. The molecule has 9 heteroatoms. The number of nitrogens with two attached hydrogens (primary N) is 2. The number of hydrogen-bond donors (Lipinski definition) is 2. The highest BCUT2D eigenvalue weighted by Crippen LogP contribution is 2.38. The molecule has 0 radical (unpaired) electrons. The summed E-state index contributed by atoms with van der Waals surface area (Å²) in [5, 5.41) is -0.201. The van der Waals surface area contributed by atoms with Gasteiger partial charge in [0.25, 0.3) is 0 Å². The molecule has 1 aromatic carbocycles. The molecule has 0 fully saturated rings. The van der Waals surface area contributed by atoms with Crippen LogP contribution in [-0.4, -0.2) is 9.55 Å². The van der Waals surface area contributed by atoms with Crippen molar-refractivity contribution >= 4 is 39.0 Å². The summed E-state index contributed by atoms with van der Waals surface area (Å²) in [6.07, 6.45) is -4.54. The van der Waals surface area contributed by atoms with Crippen molar-refractivity contribution in [1.29, 1.82) is 0 Å². The Labute approximate surface area is 125 Å². The van der Waals surface area contributed by atoms with Crippen molar-refractivity contribution < 1.29 is 13.2 Å². The molecule has 0 spiro atoms. The van der Waals surface area contributed by atoms with Gasteiger partial charge in [0, 0.05) is 0 Å². The Balaban J connectivity index is 2.77. The molecule has 2 rings (SSSR count). The minimum Gasteiger partial charge on any atom is -0.396 e. The van der Waals surface area contributed by atoms with Crippen LogP contribution in [0.2, 0.25) is 5.02 Å². The van der Waals surface area contributed by atoms with Crippen molar-refractivity contribution in [2.75, 3.05) is 11.5 Å². The van der Waals surface area contributed by atoms with Gasteiger partial charge in [-0.2, -0.15) is 13.2 Å². The Morgan fingerprint density at radius 1 is 1.30 bits per heavy atom. The van der Waals surface area contributed by atoms with E-state index in [9.17, 15) is 13.2 Å². The van der Waals surface area contributed by atoms with Gasteiger partial charge in [0.2, 0.25) is 0 Å². The summed E-state index contributed by atoms with van der Waals surface area (Å²) in [5.41, 5.74) is 11.1. The molecule has 20 heavy (non-hydrogen) atoms. The third-order valence-corrected chi connectivity index (χ3v) is 3.58. The van der Waals surface area contributed by atoms with Crippen LogP contribution in [0.1, 0.15) is 11.3 Å². The molecule has 0 aliphatic heterocycles. The van der Waals surface area contributed by atoms with E-state index < -0.39 is 11.7 Å². The van der Waals surface area contributed by atoms with E-state index in [0.717, 1.165) is 12.1 Å². The maximum Gasteiger partial charge on any atom is 0.416 e. The SMILES string of the molecule is Cc1nc(Br)n(-c2cc(C(F)(F)F)cc(Cl)c2N)c1N. The smallest absolute Gasteiger partial charge is 0.396 e. The summed E-state index contributed by atoms with van der Waals surface area (Å²) in [4.78, 5) is 4.02. The largest absolute Gasteiger partial charge is 0.416 e. The topological polar surface area (TPSA) is 69.9 Å². The Kier molecular flexibility index (Phi) is 3.64.